The maximum Gasteiger partial charge on any atom is 0.282 e. The van der Waals surface area contributed by atoms with E-state index in [0.717, 1.165) is 5.69 Å². The summed E-state index contributed by atoms with van der Waals surface area (Å²) >= 11 is 5.86. The lowest BCUT2D eigenvalue weighted by Crippen LogP contribution is -2.31. The van der Waals surface area contributed by atoms with Crippen LogP contribution in [0, 0.1) is 16.0 Å². The summed E-state index contributed by atoms with van der Waals surface area (Å²) in [7, 11) is 0. The first-order chi connectivity index (χ1) is 12.5. The molecule has 0 bridgehead atoms. The van der Waals surface area contributed by atoms with E-state index in [4.69, 9.17) is 11.6 Å². The van der Waals surface area contributed by atoms with E-state index in [-0.39, 0.29) is 29.6 Å². The highest BCUT2D eigenvalue weighted by atomic mass is 35.5. The third-order valence-electron chi connectivity index (χ3n) is 4.24. The Morgan fingerprint density at radius 3 is 2.62 bits per heavy atom. The van der Waals surface area contributed by atoms with Gasteiger partial charge in [0.05, 0.1) is 4.92 Å². The summed E-state index contributed by atoms with van der Waals surface area (Å²) in [6.45, 7) is 0.734. The number of para-hydroxylation sites is 1. The van der Waals surface area contributed by atoms with Crippen molar-refractivity contribution in [2.45, 2.75) is 6.42 Å². The molecule has 1 aliphatic rings. The smallest absolute Gasteiger partial charge is 0.282 e. The largest absolute Gasteiger partial charge is 0.351 e. The summed E-state index contributed by atoms with van der Waals surface area (Å²) in [5.74, 6) is -0.614. The van der Waals surface area contributed by atoms with Gasteiger partial charge in [-0.05, 0) is 30.3 Å². The van der Waals surface area contributed by atoms with Crippen LogP contribution in [0.3, 0.4) is 0 Å². The summed E-state index contributed by atoms with van der Waals surface area (Å²) in [6.07, 6.45) is 0.305. The Kier molecular flexibility index (Phi) is 5.18. The second kappa shape index (κ2) is 7.53. The number of nitro groups is 1. The van der Waals surface area contributed by atoms with Gasteiger partial charge in [0.15, 0.2) is 0 Å². The Morgan fingerprint density at radius 2 is 1.92 bits per heavy atom. The molecule has 0 radical (unpaired) electrons. The van der Waals surface area contributed by atoms with Crippen LogP contribution >= 0.6 is 11.6 Å². The molecule has 1 aliphatic heterocycles. The van der Waals surface area contributed by atoms with Crippen LogP contribution in [0.25, 0.3) is 0 Å². The second-order valence-corrected chi connectivity index (χ2v) is 6.47. The summed E-state index contributed by atoms with van der Waals surface area (Å²) in [4.78, 5) is 36.6. The lowest BCUT2D eigenvalue weighted by molar-refractivity contribution is -0.385. The predicted molar refractivity (Wildman–Crippen MR) is 97.3 cm³/mol. The Balaban J connectivity index is 1.62. The van der Waals surface area contributed by atoms with Gasteiger partial charge >= 0.3 is 0 Å². The van der Waals surface area contributed by atoms with Crippen LogP contribution in [0.1, 0.15) is 16.8 Å². The highest BCUT2D eigenvalue weighted by molar-refractivity contribution is 6.30. The Labute approximate surface area is 154 Å². The molecule has 1 fully saturated rings. The first-order valence-corrected chi connectivity index (χ1v) is 8.41. The zero-order valence-electron chi connectivity index (χ0n) is 13.7. The molecule has 0 saturated carbocycles. The van der Waals surface area contributed by atoms with Crippen molar-refractivity contribution in [3.63, 3.8) is 0 Å². The van der Waals surface area contributed by atoms with Gasteiger partial charge in [-0.1, -0.05) is 23.7 Å². The van der Waals surface area contributed by atoms with Gasteiger partial charge in [-0.15, -0.1) is 0 Å². The fourth-order valence-corrected chi connectivity index (χ4v) is 3.07. The molecule has 2 aromatic rings. The standard InChI is InChI=1S/C18H16ClN3O4/c19-13-5-7-14(8-6-13)21-11-12(9-17(21)23)10-20-18(24)15-3-1-2-4-16(15)22(25)26/h1-8,12H,9-11H2,(H,20,24). The van der Waals surface area contributed by atoms with Crippen LogP contribution in [-0.2, 0) is 4.79 Å². The number of nitrogens with one attached hydrogen (secondary N) is 1. The molecule has 2 aromatic carbocycles. The summed E-state index contributed by atoms with van der Waals surface area (Å²) in [5.41, 5.74) is 0.526. The SMILES string of the molecule is O=C(NCC1CC(=O)N(c2ccc(Cl)cc2)C1)c1ccccc1[N+](=O)[O-]. The lowest BCUT2D eigenvalue weighted by atomic mass is 10.1. The van der Waals surface area contributed by atoms with Gasteiger partial charge in [-0.3, -0.25) is 19.7 Å². The summed E-state index contributed by atoms with van der Waals surface area (Å²) in [5, 5.41) is 14.3. The number of carbonyl (C=O) groups is 2. The van der Waals surface area contributed by atoms with Gasteiger partial charge in [0.25, 0.3) is 11.6 Å². The normalized spacial score (nSPS) is 16.6. The summed E-state index contributed by atoms with van der Waals surface area (Å²) in [6, 6.07) is 12.8. The van der Waals surface area contributed by atoms with Crippen LogP contribution in [-0.4, -0.2) is 29.8 Å². The number of hydrogen-bond donors (Lipinski definition) is 1. The van der Waals surface area contributed by atoms with Gasteiger partial charge in [0.2, 0.25) is 5.91 Å². The Hall–Kier alpha value is -2.93. The molecule has 134 valence electrons. The Bertz CT molecular complexity index is 854. The van der Waals surface area contributed by atoms with Crippen LogP contribution in [0.15, 0.2) is 48.5 Å². The average molecular weight is 374 g/mol. The summed E-state index contributed by atoms with van der Waals surface area (Å²) < 4.78 is 0. The fraction of sp³-hybridized carbons (Fsp3) is 0.222. The number of rotatable bonds is 5. The molecule has 1 atom stereocenters. The molecule has 1 saturated heterocycles. The number of halogens is 1. The van der Waals surface area contributed by atoms with Crippen molar-refractivity contribution in [2.24, 2.45) is 5.92 Å². The van der Waals surface area contributed by atoms with Crippen molar-refractivity contribution < 1.29 is 14.5 Å². The van der Waals surface area contributed by atoms with Gasteiger partial charge in [-0.2, -0.15) is 0 Å². The van der Waals surface area contributed by atoms with E-state index >= 15 is 0 Å². The molecule has 0 spiro atoms. The van der Waals surface area contributed by atoms with Crippen molar-refractivity contribution in [3.8, 4) is 0 Å². The fourth-order valence-electron chi connectivity index (χ4n) is 2.95. The topological polar surface area (TPSA) is 92.6 Å². The third kappa shape index (κ3) is 3.83. The highest BCUT2D eigenvalue weighted by Crippen LogP contribution is 2.26. The second-order valence-electron chi connectivity index (χ2n) is 6.04. The van der Waals surface area contributed by atoms with Gasteiger partial charge < -0.3 is 10.2 Å². The number of hydrogen-bond acceptors (Lipinski definition) is 4. The number of anilines is 1. The molecule has 8 heteroatoms. The highest BCUT2D eigenvalue weighted by Gasteiger charge is 2.31. The zero-order valence-corrected chi connectivity index (χ0v) is 14.5. The molecule has 26 heavy (non-hydrogen) atoms. The minimum absolute atomic E-state index is 0.0105. The van der Waals surface area contributed by atoms with E-state index in [2.05, 4.69) is 5.32 Å². The molecule has 1 N–H and O–H groups in total. The zero-order chi connectivity index (χ0) is 18.7. The molecular weight excluding hydrogens is 358 g/mol. The minimum atomic E-state index is -0.587. The van der Waals surface area contributed by atoms with Crippen molar-refractivity contribution >= 4 is 34.8 Å². The number of amides is 2. The average Bonchev–Trinajstić information content (AvgIpc) is 3.01. The van der Waals surface area contributed by atoms with Crippen molar-refractivity contribution in [3.05, 3.63) is 69.2 Å². The van der Waals surface area contributed by atoms with E-state index in [1.54, 1.807) is 35.2 Å². The number of nitro benzene ring substituents is 1. The van der Waals surface area contributed by atoms with Crippen molar-refractivity contribution in [2.75, 3.05) is 18.0 Å². The Morgan fingerprint density at radius 1 is 1.23 bits per heavy atom. The first kappa shape index (κ1) is 17.9. The predicted octanol–water partition coefficient (Wildman–Crippen LogP) is 3.03. The van der Waals surface area contributed by atoms with E-state index in [0.29, 0.717) is 18.0 Å². The number of benzene rings is 2. The molecule has 2 amide bonds. The van der Waals surface area contributed by atoms with E-state index in [1.807, 2.05) is 0 Å². The molecule has 1 heterocycles. The molecule has 3 rings (SSSR count). The third-order valence-corrected chi connectivity index (χ3v) is 4.49. The van der Waals surface area contributed by atoms with Crippen LogP contribution in [0.5, 0.6) is 0 Å². The molecule has 0 aromatic heterocycles. The number of nitrogens with zero attached hydrogens (tertiary/aromatic N) is 2. The molecule has 1 unspecified atom stereocenters. The number of carbonyl (C=O) groups excluding carboxylic acids is 2. The maximum absolute atomic E-state index is 12.3. The van der Waals surface area contributed by atoms with Crippen LogP contribution < -0.4 is 10.2 Å². The monoisotopic (exact) mass is 373 g/mol. The molecular formula is C18H16ClN3O4. The quantitative estimate of drug-likeness (QED) is 0.644. The maximum atomic E-state index is 12.3. The first-order valence-electron chi connectivity index (χ1n) is 8.03. The molecule has 7 nitrogen and oxygen atoms in total. The van der Waals surface area contributed by atoms with Gasteiger partial charge in [0.1, 0.15) is 5.56 Å². The van der Waals surface area contributed by atoms with E-state index in [1.165, 1.54) is 18.2 Å². The van der Waals surface area contributed by atoms with E-state index in [9.17, 15) is 19.7 Å². The van der Waals surface area contributed by atoms with Crippen molar-refractivity contribution in [1.82, 2.24) is 5.32 Å². The van der Waals surface area contributed by atoms with Gasteiger partial charge in [-0.25, -0.2) is 0 Å². The van der Waals surface area contributed by atoms with Crippen LogP contribution in [0.2, 0.25) is 5.02 Å². The van der Waals surface area contributed by atoms with Gasteiger partial charge in [0, 0.05) is 42.2 Å². The molecule has 0 aliphatic carbocycles. The minimum Gasteiger partial charge on any atom is -0.351 e. The lowest BCUT2D eigenvalue weighted by Gasteiger charge is -2.17. The van der Waals surface area contributed by atoms with Crippen molar-refractivity contribution in [1.29, 1.82) is 0 Å². The van der Waals surface area contributed by atoms with E-state index < -0.39 is 10.8 Å². The van der Waals surface area contributed by atoms with Crippen LogP contribution in [0.4, 0.5) is 11.4 Å².